The zero-order valence-electron chi connectivity index (χ0n) is 12.9. The Morgan fingerprint density at radius 2 is 1.91 bits per heavy atom. The zero-order chi connectivity index (χ0) is 16.2. The van der Waals surface area contributed by atoms with Gasteiger partial charge in [-0.1, -0.05) is 24.3 Å². The minimum Gasteiger partial charge on any atom is -0.487 e. The van der Waals surface area contributed by atoms with E-state index in [1.54, 1.807) is 24.0 Å². The molecular weight excluding hydrogens is 297 g/mol. The maximum Gasteiger partial charge on any atom is 0.410 e. The Bertz CT molecular complexity index is 681. The Balaban J connectivity index is 1.61. The molecule has 1 saturated heterocycles. The number of amides is 1. The Labute approximate surface area is 134 Å². The Morgan fingerprint density at radius 1 is 1.17 bits per heavy atom. The maximum absolute atomic E-state index is 13.0. The van der Waals surface area contributed by atoms with Crippen LogP contribution in [0, 0.1) is 5.82 Å². The van der Waals surface area contributed by atoms with E-state index in [1.165, 1.54) is 12.1 Å². The zero-order valence-corrected chi connectivity index (χ0v) is 12.9. The number of hydrogen-bond donors (Lipinski definition) is 0. The molecule has 0 saturated carbocycles. The van der Waals surface area contributed by atoms with Crippen molar-refractivity contribution >= 4 is 6.09 Å². The molecule has 120 valence electrons. The fourth-order valence-corrected chi connectivity index (χ4v) is 2.46. The van der Waals surface area contributed by atoms with E-state index in [0.717, 1.165) is 16.9 Å². The van der Waals surface area contributed by atoms with Crippen LogP contribution in [-0.2, 0) is 4.74 Å². The predicted octanol–water partition coefficient (Wildman–Crippen LogP) is 3.71. The number of hydrogen-bond acceptors (Lipinski definition) is 3. The van der Waals surface area contributed by atoms with Gasteiger partial charge in [-0.2, -0.15) is 0 Å². The van der Waals surface area contributed by atoms with Crippen LogP contribution in [-0.4, -0.2) is 36.8 Å². The van der Waals surface area contributed by atoms with E-state index in [4.69, 9.17) is 9.47 Å². The molecular formula is C18H18FNO3. The molecule has 1 aliphatic rings. The molecule has 23 heavy (non-hydrogen) atoms. The molecule has 0 unspecified atom stereocenters. The summed E-state index contributed by atoms with van der Waals surface area (Å²) in [4.78, 5) is 13.1. The van der Waals surface area contributed by atoms with Crippen molar-refractivity contribution in [1.29, 1.82) is 0 Å². The molecule has 0 radical (unpaired) electrons. The molecule has 5 heteroatoms. The SMILES string of the molecule is CCOC(=O)N1CC(Oc2cccc(-c3ccc(F)cc3)c2)C1. The van der Waals surface area contributed by atoms with Gasteiger partial charge in [0.15, 0.2) is 0 Å². The van der Waals surface area contributed by atoms with Crippen molar-refractivity contribution in [2.24, 2.45) is 0 Å². The second kappa shape index (κ2) is 6.69. The van der Waals surface area contributed by atoms with Crippen LogP contribution in [0.1, 0.15) is 6.92 Å². The van der Waals surface area contributed by atoms with E-state index in [-0.39, 0.29) is 18.0 Å². The van der Waals surface area contributed by atoms with Gasteiger partial charge in [0.2, 0.25) is 0 Å². The second-order valence-corrected chi connectivity index (χ2v) is 5.38. The first-order chi connectivity index (χ1) is 11.2. The van der Waals surface area contributed by atoms with E-state index < -0.39 is 0 Å². The lowest BCUT2D eigenvalue weighted by Crippen LogP contribution is -2.56. The number of carbonyl (C=O) groups is 1. The van der Waals surface area contributed by atoms with E-state index in [1.807, 2.05) is 24.3 Å². The van der Waals surface area contributed by atoms with E-state index in [2.05, 4.69) is 0 Å². The van der Waals surface area contributed by atoms with Gasteiger partial charge in [0, 0.05) is 0 Å². The number of benzene rings is 2. The van der Waals surface area contributed by atoms with Crippen molar-refractivity contribution in [3.63, 3.8) is 0 Å². The van der Waals surface area contributed by atoms with Gasteiger partial charge in [-0.25, -0.2) is 9.18 Å². The highest BCUT2D eigenvalue weighted by molar-refractivity contribution is 5.69. The quantitative estimate of drug-likeness (QED) is 0.863. The van der Waals surface area contributed by atoms with Gasteiger partial charge in [-0.05, 0) is 42.3 Å². The van der Waals surface area contributed by atoms with Crippen molar-refractivity contribution in [2.75, 3.05) is 19.7 Å². The molecule has 0 atom stereocenters. The summed E-state index contributed by atoms with van der Waals surface area (Å²) in [5, 5.41) is 0. The molecule has 0 aromatic heterocycles. The summed E-state index contributed by atoms with van der Waals surface area (Å²) < 4.78 is 23.8. The van der Waals surface area contributed by atoms with Crippen molar-refractivity contribution in [3.8, 4) is 16.9 Å². The van der Waals surface area contributed by atoms with Crippen LogP contribution in [0.25, 0.3) is 11.1 Å². The van der Waals surface area contributed by atoms with Crippen LogP contribution in [0.2, 0.25) is 0 Å². The van der Waals surface area contributed by atoms with Gasteiger partial charge in [0.05, 0.1) is 19.7 Å². The molecule has 2 aromatic carbocycles. The van der Waals surface area contributed by atoms with Crippen molar-refractivity contribution in [2.45, 2.75) is 13.0 Å². The van der Waals surface area contributed by atoms with Gasteiger partial charge in [0.1, 0.15) is 17.7 Å². The number of nitrogens with zero attached hydrogens (tertiary/aromatic N) is 1. The first kappa shape index (κ1) is 15.3. The average Bonchev–Trinajstić information content (AvgIpc) is 2.51. The number of ether oxygens (including phenoxy) is 2. The van der Waals surface area contributed by atoms with Crippen LogP contribution >= 0.6 is 0 Å². The van der Waals surface area contributed by atoms with Gasteiger partial charge < -0.3 is 14.4 Å². The first-order valence-corrected chi connectivity index (χ1v) is 7.60. The molecule has 4 nitrogen and oxygen atoms in total. The molecule has 3 rings (SSSR count). The number of halogens is 1. The lowest BCUT2D eigenvalue weighted by atomic mass is 10.1. The lowest BCUT2D eigenvalue weighted by molar-refractivity contribution is 0.0128. The van der Waals surface area contributed by atoms with Gasteiger partial charge in [0.25, 0.3) is 0 Å². The Kier molecular flexibility index (Phi) is 4.46. The molecule has 2 aromatic rings. The maximum atomic E-state index is 13.0. The molecule has 1 aliphatic heterocycles. The van der Waals surface area contributed by atoms with Gasteiger partial charge in [-0.3, -0.25) is 0 Å². The Morgan fingerprint density at radius 3 is 2.61 bits per heavy atom. The van der Waals surface area contributed by atoms with Crippen LogP contribution in [0.3, 0.4) is 0 Å². The minimum absolute atomic E-state index is 0.0251. The highest BCUT2D eigenvalue weighted by Gasteiger charge is 2.33. The predicted molar refractivity (Wildman–Crippen MR) is 84.8 cm³/mol. The molecule has 0 aliphatic carbocycles. The number of rotatable bonds is 4. The van der Waals surface area contributed by atoms with Gasteiger partial charge >= 0.3 is 6.09 Å². The third kappa shape index (κ3) is 3.62. The van der Waals surface area contributed by atoms with E-state index >= 15 is 0 Å². The van der Waals surface area contributed by atoms with E-state index in [0.29, 0.717) is 19.7 Å². The molecule has 0 bridgehead atoms. The van der Waals surface area contributed by atoms with Crippen molar-refractivity contribution < 1.29 is 18.7 Å². The Hall–Kier alpha value is -2.56. The third-order valence-corrected chi connectivity index (χ3v) is 3.69. The van der Waals surface area contributed by atoms with Gasteiger partial charge in [-0.15, -0.1) is 0 Å². The van der Waals surface area contributed by atoms with Crippen LogP contribution in [0.4, 0.5) is 9.18 Å². The topological polar surface area (TPSA) is 38.8 Å². The number of likely N-dealkylation sites (tertiary alicyclic amines) is 1. The van der Waals surface area contributed by atoms with E-state index in [9.17, 15) is 9.18 Å². The smallest absolute Gasteiger partial charge is 0.410 e. The summed E-state index contributed by atoms with van der Waals surface area (Å²) in [6, 6.07) is 14.0. The van der Waals surface area contributed by atoms with Crippen LogP contribution < -0.4 is 4.74 Å². The normalized spacial score (nSPS) is 14.3. The fraction of sp³-hybridized carbons (Fsp3) is 0.278. The fourth-order valence-electron chi connectivity index (χ4n) is 2.46. The summed E-state index contributed by atoms with van der Waals surface area (Å²) in [6.07, 6.45) is -0.324. The first-order valence-electron chi connectivity index (χ1n) is 7.60. The third-order valence-electron chi connectivity index (χ3n) is 3.69. The minimum atomic E-state index is -0.299. The summed E-state index contributed by atoms with van der Waals surface area (Å²) >= 11 is 0. The average molecular weight is 315 g/mol. The van der Waals surface area contributed by atoms with Crippen molar-refractivity contribution in [3.05, 3.63) is 54.3 Å². The summed E-state index contributed by atoms with van der Waals surface area (Å²) in [6.45, 7) is 3.21. The van der Waals surface area contributed by atoms with Crippen molar-refractivity contribution in [1.82, 2.24) is 4.90 Å². The van der Waals surface area contributed by atoms with Crippen LogP contribution in [0.15, 0.2) is 48.5 Å². The lowest BCUT2D eigenvalue weighted by Gasteiger charge is -2.37. The second-order valence-electron chi connectivity index (χ2n) is 5.38. The van der Waals surface area contributed by atoms with Crippen LogP contribution in [0.5, 0.6) is 5.75 Å². The number of carbonyl (C=O) groups excluding carboxylic acids is 1. The summed E-state index contributed by atoms with van der Waals surface area (Å²) in [5.41, 5.74) is 1.89. The highest BCUT2D eigenvalue weighted by Crippen LogP contribution is 2.26. The molecule has 0 spiro atoms. The largest absolute Gasteiger partial charge is 0.487 e. The molecule has 1 amide bonds. The standard InChI is InChI=1S/C18H18FNO3/c1-2-22-18(21)20-11-17(12-20)23-16-5-3-4-14(10-16)13-6-8-15(19)9-7-13/h3-10,17H,2,11-12H2,1H3. The molecule has 1 fully saturated rings. The molecule has 0 N–H and O–H groups in total. The highest BCUT2D eigenvalue weighted by atomic mass is 19.1. The summed E-state index contributed by atoms with van der Waals surface area (Å²) in [7, 11) is 0. The monoisotopic (exact) mass is 315 g/mol. The molecule has 1 heterocycles. The summed E-state index contributed by atoms with van der Waals surface area (Å²) in [5.74, 6) is 0.481.